The molecule has 5 heteroatoms. The number of rotatable bonds is 1. The highest BCUT2D eigenvalue weighted by molar-refractivity contribution is 9.10. The number of nitrogens with one attached hydrogen (secondary N) is 2. The van der Waals surface area contributed by atoms with Crippen molar-refractivity contribution in [1.29, 1.82) is 0 Å². The topological polar surface area (TPSA) is 61.4 Å². The van der Waals surface area contributed by atoms with Crippen molar-refractivity contribution in [3.63, 3.8) is 0 Å². The lowest BCUT2D eigenvalue weighted by Gasteiger charge is -2.11. The summed E-state index contributed by atoms with van der Waals surface area (Å²) in [6.45, 7) is 0.543. The van der Waals surface area contributed by atoms with E-state index in [4.69, 9.17) is 0 Å². The Balaban J connectivity index is 2.31. The Hall–Kier alpha value is -1.23. The van der Waals surface area contributed by atoms with E-state index in [1.807, 2.05) is 0 Å². The molecule has 14 heavy (non-hydrogen) atoms. The zero-order valence-electron chi connectivity index (χ0n) is 7.25. The third-order valence-electron chi connectivity index (χ3n) is 2.13. The fraction of sp³-hybridized carbons (Fsp3) is 0.222. The molecule has 0 radical (unpaired) electrons. The Bertz CT molecular complexity index is 381. The van der Waals surface area contributed by atoms with Crippen LogP contribution in [0.2, 0.25) is 0 Å². The first-order valence-electron chi connectivity index (χ1n) is 4.19. The van der Waals surface area contributed by atoms with Gasteiger partial charge < -0.3 is 15.7 Å². The van der Waals surface area contributed by atoms with E-state index in [-0.39, 0.29) is 17.8 Å². The van der Waals surface area contributed by atoms with E-state index in [9.17, 15) is 9.90 Å². The van der Waals surface area contributed by atoms with Crippen molar-refractivity contribution >= 4 is 22.0 Å². The minimum atomic E-state index is -0.176. The standard InChI is InChI=1S/C9H9BrN2O2/c10-7-2-1-5(13)3-6(7)8-4-11-9(14)12-8/h1-3,8,13H,4H2,(H2,11,12,14)/t8-/m1/s1. The molecule has 0 unspecified atom stereocenters. The fourth-order valence-corrected chi connectivity index (χ4v) is 1.96. The van der Waals surface area contributed by atoms with Crippen LogP contribution in [0.5, 0.6) is 5.75 Å². The van der Waals surface area contributed by atoms with Crippen molar-refractivity contribution in [2.24, 2.45) is 0 Å². The van der Waals surface area contributed by atoms with Crippen molar-refractivity contribution in [2.45, 2.75) is 6.04 Å². The van der Waals surface area contributed by atoms with Gasteiger partial charge in [0.1, 0.15) is 5.75 Å². The molecule has 1 aromatic carbocycles. The lowest BCUT2D eigenvalue weighted by Crippen LogP contribution is -2.21. The second-order valence-corrected chi connectivity index (χ2v) is 3.97. The van der Waals surface area contributed by atoms with Crippen LogP contribution in [0.1, 0.15) is 11.6 Å². The maximum atomic E-state index is 10.9. The Morgan fingerprint density at radius 2 is 2.29 bits per heavy atom. The minimum Gasteiger partial charge on any atom is -0.508 e. The lowest BCUT2D eigenvalue weighted by molar-refractivity contribution is 0.247. The highest BCUT2D eigenvalue weighted by atomic mass is 79.9. The Labute approximate surface area is 89.4 Å². The van der Waals surface area contributed by atoms with Gasteiger partial charge in [0.25, 0.3) is 0 Å². The van der Waals surface area contributed by atoms with Crippen LogP contribution in [-0.2, 0) is 0 Å². The molecular formula is C9H9BrN2O2. The van der Waals surface area contributed by atoms with E-state index >= 15 is 0 Å². The van der Waals surface area contributed by atoms with E-state index in [1.165, 1.54) is 0 Å². The number of phenols is 1. The van der Waals surface area contributed by atoms with Gasteiger partial charge in [-0.05, 0) is 23.8 Å². The molecule has 1 saturated heterocycles. The molecule has 1 atom stereocenters. The summed E-state index contributed by atoms with van der Waals surface area (Å²) in [6.07, 6.45) is 0. The van der Waals surface area contributed by atoms with E-state index in [0.717, 1.165) is 10.0 Å². The summed E-state index contributed by atoms with van der Waals surface area (Å²) in [6, 6.07) is 4.74. The van der Waals surface area contributed by atoms with Crippen LogP contribution in [0.25, 0.3) is 0 Å². The molecule has 3 N–H and O–H groups in total. The van der Waals surface area contributed by atoms with Crippen LogP contribution in [0.3, 0.4) is 0 Å². The summed E-state index contributed by atoms with van der Waals surface area (Å²) in [5.41, 5.74) is 0.878. The molecule has 0 aromatic heterocycles. The number of hydrogen-bond acceptors (Lipinski definition) is 2. The van der Waals surface area contributed by atoms with Gasteiger partial charge in [0.15, 0.2) is 0 Å². The molecule has 1 heterocycles. The number of benzene rings is 1. The predicted octanol–water partition coefficient (Wildman–Crippen LogP) is 1.51. The van der Waals surface area contributed by atoms with Crippen molar-refractivity contribution < 1.29 is 9.90 Å². The number of phenolic OH excluding ortho intramolecular Hbond substituents is 1. The lowest BCUT2D eigenvalue weighted by atomic mass is 10.1. The van der Waals surface area contributed by atoms with Crippen LogP contribution >= 0.6 is 15.9 Å². The van der Waals surface area contributed by atoms with Crippen molar-refractivity contribution in [3.05, 3.63) is 28.2 Å². The largest absolute Gasteiger partial charge is 0.508 e. The van der Waals surface area contributed by atoms with E-state index in [0.29, 0.717) is 6.54 Å². The average Bonchev–Trinajstić information content (AvgIpc) is 2.56. The first-order valence-corrected chi connectivity index (χ1v) is 4.99. The number of hydrogen-bond donors (Lipinski definition) is 3. The molecule has 2 rings (SSSR count). The first kappa shape index (κ1) is 9.33. The first-order chi connectivity index (χ1) is 6.66. The van der Waals surface area contributed by atoms with Crippen molar-refractivity contribution in [1.82, 2.24) is 10.6 Å². The van der Waals surface area contributed by atoms with Crippen LogP contribution in [0.4, 0.5) is 4.79 Å². The number of aromatic hydroxyl groups is 1. The molecule has 1 fully saturated rings. The summed E-state index contributed by atoms with van der Waals surface area (Å²) in [7, 11) is 0. The smallest absolute Gasteiger partial charge is 0.315 e. The van der Waals surface area contributed by atoms with Gasteiger partial charge in [0.2, 0.25) is 0 Å². The second kappa shape index (κ2) is 3.49. The molecule has 0 saturated carbocycles. The zero-order chi connectivity index (χ0) is 10.1. The quantitative estimate of drug-likeness (QED) is 0.714. The van der Waals surface area contributed by atoms with Gasteiger partial charge in [-0.3, -0.25) is 0 Å². The van der Waals surface area contributed by atoms with E-state index in [2.05, 4.69) is 26.6 Å². The van der Waals surface area contributed by atoms with Crippen molar-refractivity contribution in [2.75, 3.05) is 6.54 Å². The highest BCUT2D eigenvalue weighted by Crippen LogP contribution is 2.28. The third-order valence-corrected chi connectivity index (χ3v) is 2.85. The van der Waals surface area contributed by atoms with Crippen LogP contribution in [0.15, 0.2) is 22.7 Å². The SMILES string of the molecule is O=C1NC[C@H](c2cc(O)ccc2Br)N1. The number of carbonyl (C=O) groups excluding carboxylic acids is 1. The predicted molar refractivity (Wildman–Crippen MR) is 55.1 cm³/mol. The molecule has 0 bridgehead atoms. The van der Waals surface area contributed by atoms with Gasteiger partial charge in [-0.2, -0.15) is 0 Å². The van der Waals surface area contributed by atoms with E-state index < -0.39 is 0 Å². The summed E-state index contributed by atoms with van der Waals surface area (Å²) in [5.74, 6) is 0.198. The maximum Gasteiger partial charge on any atom is 0.315 e. The molecule has 1 aliphatic heterocycles. The maximum absolute atomic E-state index is 10.9. The third kappa shape index (κ3) is 1.68. The number of halogens is 1. The van der Waals surface area contributed by atoms with Gasteiger partial charge in [-0.25, -0.2) is 4.79 Å². The molecule has 0 spiro atoms. The highest BCUT2D eigenvalue weighted by Gasteiger charge is 2.23. The Morgan fingerprint density at radius 1 is 1.50 bits per heavy atom. The van der Waals surface area contributed by atoms with Gasteiger partial charge >= 0.3 is 6.03 Å². The van der Waals surface area contributed by atoms with Crippen LogP contribution < -0.4 is 10.6 Å². The molecular weight excluding hydrogens is 248 g/mol. The Kier molecular flexibility index (Phi) is 2.33. The summed E-state index contributed by atoms with van der Waals surface area (Å²) >= 11 is 3.37. The number of urea groups is 1. The number of amides is 2. The molecule has 74 valence electrons. The summed E-state index contributed by atoms with van der Waals surface area (Å²) in [4.78, 5) is 10.9. The van der Waals surface area contributed by atoms with E-state index in [1.54, 1.807) is 18.2 Å². The van der Waals surface area contributed by atoms with Crippen LogP contribution in [0, 0.1) is 0 Å². The van der Waals surface area contributed by atoms with Crippen LogP contribution in [-0.4, -0.2) is 17.7 Å². The van der Waals surface area contributed by atoms with Gasteiger partial charge in [-0.15, -0.1) is 0 Å². The number of carbonyl (C=O) groups is 1. The van der Waals surface area contributed by atoms with Gasteiger partial charge in [0.05, 0.1) is 6.04 Å². The summed E-state index contributed by atoms with van der Waals surface area (Å²) < 4.78 is 0.879. The molecule has 1 aromatic rings. The fourth-order valence-electron chi connectivity index (χ4n) is 1.44. The minimum absolute atomic E-state index is 0.0797. The average molecular weight is 257 g/mol. The summed E-state index contributed by atoms with van der Waals surface area (Å²) in [5, 5.41) is 14.7. The van der Waals surface area contributed by atoms with Gasteiger partial charge in [-0.1, -0.05) is 15.9 Å². The molecule has 1 aliphatic rings. The zero-order valence-corrected chi connectivity index (χ0v) is 8.84. The Morgan fingerprint density at radius 3 is 2.93 bits per heavy atom. The molecule has 0 aliphatic carbocycles. The second-order valence-electron chi connectivity index (χ2n) is 3.11. The molecule has 4 nitrogen and oxygen atoms in total. The monoisotopic (exact) mass is 256 g/mol. The van der Waals surface area contributed by atoms with Gasteiger partial charge in [0, 0.05) is 11.0 Å². The molecule has 2 amide bonds. The normalized spacial score (nSPS) is 20.4. The van der Waals surface area contributed by atoms with Crippen molar-refractivity contribution in [3.8, 4) is 5.75 Å².